The predicted octanol–water partition coefficient (Wildman–Crippen LogP) is 0.552. The van der Waals surface area contributed by atoms with Gasteiger partial charge < -0.3 is 11.5 Å². The number of hydrogen-bond acceptors (Lipinski definition) is 4. The molecule has 1 rings (SSSR count). The van der Waals surface area contributed by atoms with Gasteiger partial charge >= 0.3 is 6.03 Å². The minimum atomic E-state index is -0.793. The zero-order valence-corrected chi connectivity index (χ0v) is 11.9. The summed E-state index contributed by atoms with van der Waals surface area (Å²) in [6.07, 6.45) is 4.98. The van der Waals surface area contributed by atoms with Crippen LogP contribution in [0.25, 0.3) is 0 Å². The maximum Gasteiger partial charge on any atom is 0.318 e. The highest BCUT2D eigenvalue weighted by atomic mass is 16.2. The summed E-state index contributed by atoms with van der Waals surface area (Å²) >= 11 is 0. The van der Waals surface area contributed by atoms with Crippen LogP contribution in [0.4, 0.5) is 4.79 Å². The van der Waals surface area contributed by atoms with Crippen molar-refractivity contribution in [3.8, 4) is 0 Å². The Hall–Kier alpha value is -1.14. The minimum absolute atomic E-state index is 0.287. The van der Waals surface area contributed by atoms with Crippen molar-refractivity contribution in [1.82, 2.24) is 10.2 Å². The third kappa shape index (κ3) is 4.80. The number of nitrogens with zero attached hydrogens (tertiary/aromatic N) is 1. The van der Waals surface area contributed by atoms with E-state index in [9.17, 15) is 9.59 Å². The summed E-state index contributed by atoms with van der Waals surface area (Å²) in [4.78, 5) is 24.8. The molecular weight excluding hydrogens is 244 g/mol. The largest absolute Gasteiger partial charge is 0.351 e. The van der Waals surface area contributed by atoms with E-state index in [1.165, 1.54) is 0 Å². The standard InChI is InChI=1S/C13H26N4O2/c1-3-8-17(9(2)12(18)16-13(15)19)11-6-4-10(14)5-7-11/h9-11H,3-8,14H2,1-2H3,(H3,15,16,18,19). The molecule has 1 unspecified atom stereocenters. The van der Waals surface area contributed by atoms with E-state index < -0.39 is 6.03 Å². The Labute approximate surface area is 114 Å². The molecule has 0 aromatic heterocycles. The lowest BCUT2D eigenvalue weighted by Gasteiger charge is -2.38. The van der Waals surface area contributed by atoms with Crippen LogP contribution in [0.1, 0.15) is 46.0 Å². The second-order valence-corrected chi connectivity index (χ2v) is 5.34. The molecule has 0 saturated heterocycles. The first-order chi connectivity index (χ1) is 8.95. The molecule has 1 aliphatic carbocycles. The van der Waals surface area contributed by atoms with Crippen LogP contribution in [0.5, 0.6) is 0 Å². The minimum Gasteiger partial charge on any atom is -0.351 e. The predicted molar refractivity (Wildman–Crippen MR) is 74.4 cm³/mol. The highest BCUT2D eigenvalue weighted by molar-refractivity contribution is 5.96. The van der Waals surface area contributed by atoms with E-state index in [4.69, 9.17) is 11.5 Å². The van der Waals surface area contributed by atoms with E-state index in [0.717, 1.165) is 38.6 Å². The van der Waals surface area contributed by atoms with Crippen LogP contribution in [0.2, 0.25) is 0 Å². The molecule has 0 aromatic carbocycles. The third-order valence-electron chi connectivity index (χ3n) is 3.82. The zero-order chi connectivity index (χ0) is 14.4. The van der Waals surface area contributed by atoms with Gasteiger partial charge in [-0.15, -0.1) is 0 Å². The van der Waals surface area contributed by atoms with Gasteiger partial charge in [0.2, 0.25) is 5.91 Å². The van der Waals surface area contributed by atoms with Gasteiger partial charge in [-0.05, 0) is 45.6 Å². The highest BCUT2D eigenvalue weighted by Crippen LogP contribution is 2.24. The SMILES string of the molecule is CCCN(C1CCC(N)CC1)C(C)C(=O)NC(N)=O. The molecule has 5 N–H and O–H groups in total. The lowest BCUT2D eigenvalue weighted by Crippen LogP contribution is -2.53. The molecule has 0 bridgehead atoms. The Bertz CT molecular complexity index is 314. The molecule has 1 fully saturated rings. The summed E-state index contributed by atoms with van der Waals surface area (Å²) in [5, 5.41) is 2.16. The number of imide groups is 1. The van der Waals surface area contributed by atoms with Crippen LogP contribution in [-0.2, 0) is 4.79 Å². The number of carbonyl (C=O) groups is 2. The number of primary amides is 1. The van der Waals surface area contributed by atoms with Crippen molar-refractivity contribution in [2.45, 2.75) is 64.1 Å². The first-order valence-corrected chi connectivity index (χ1v) is 7.07. The van der Waals surface area contributed by atoms with E-state index >= 15 is 0 Å². The van der Waals surface area contributed by atoms with Gasteiger partial charge in [-0.1, -0.05) is 6.92 Å². The number of carbonyl (C=O) groups excluding carboxylic acids is 2. The first-order valence-electron chi connectivity index (χ1n) is 7.07. The average molecular weight is 270 g/mol. The maximum atomic E-state index is 11.9. The normalized spacial score (nSPS) is 25.1. The fraction of sp³-hybridized carbons (Fsp3) is 0.846. The maximum absolute atomic E-state index is 11.9. The van der Waals surface area contributed by atoms with Gasteiger partial charge in [0, 0.05) is 12.1 Å². The summed E-state index contributed by atoms with van der Waals surface area (Å²) in [6, 6.07) is -0.478. The third-order valence-corrected chi connectivity index (χ3v) is 3.82. The quantitative estimate of drug-likeness (QED) is 0.679. The molecule has 1 atom stereocenters. The smallest absolute Gasteiger partial charge is 0.318 e. The van der Waals surface area contributed by atoms with Gasteiger partial charge in [-0.3, -0.25) is 15.0 Å². The van der Waals surface area contributed by atoms with Crippen molar-refractivity contribution in [3.63, 3.8) is 0 Å². The van der Waals surface area contributed by atoms with Crippen LogP contribution < -0.4 is 16.8 Å². The Morgan fingerprint density at radius 3 is 2.37 bits per heavy atom. The van der Waals surface area contributed by atoms with E-state index in [1.807, 2.05) is 6.92 Å². The van der Waals surface area contributed by atoms with Crippen LogP contribution in [0.3, 0.4) is 0 Å². The Morgan fingerprint density at radius 2 is 1.89 bits per heavy atom. The van der Waals surface area contributed by atoms with Crippen LogP contribution >= 0.6 is 0 Å². The van der Waals surface area contributed by atoms with Crippen molar-refractivity contribution in [2.24, 2.45) is 11.5 Å². The van der Waals surface area contributed by atoms with E-state index in [-0.39, 0.29) is 18.0 Å². The number of amides is 3. The van der Waals surface area contributed by atoms with E-state index in [0.29, 0.717) is 6.04 Å². The van der Waals surface area contributed by atoms with Gasteiger partial charge in [0.25, 0.3) is 0 Å². The molecule has 1 saturated carbocycles. The van der Waals surface area contributed by atoms with Crippen molar-refractivity contribution in [1.29, 1.82) is 0 Å². The highest BCUT2D eigenvalue weighted by Gasteiger charge is 2.30. The number of rotatable bonds is 5. The van der Waals surface area contributed by atoms with Gasteiger partial charge in [-0.2, -0.15) is 0 Å². The molecule has 6 heteroatoms. The summed E-state index contributed by atoms with van der Waals surface area (Å²) in [5.74, 6) is -0.323. The van der Waals surface area contributed by atoms with Crippen molar-refractivity contribution < 1.29 is 9.59 Å². The van der Waals surface area contributed by atoms with Crippen LogP contribution in [0.15, 0.2) is 0 Å². The topological polar surface area (TPSA) is 101 Å². The summed E-state index contributed by atoms with van der Waals surface area (Å²) < 4.78 is 0. The number of hydrogen-bond donors (Lipinski definition) is 3. The number of nitrogens with one attached hydrogen (secondary N) is 1. The van der Waals surface area contributed by atoms with Gasteiger partial charge in [0.05, 0.1) is 6.04 Å². The van der Waals surface area contributed by atoms with Gasteiger partial charge in [0.1, 0.15) is 0 Å². The first kappa shape index (κ1) is 15.9. The molecular formula is C13H26N4O2. The second kappa shape index (κ2) is 7.45. The van der Waals surface area contributed by atoms with Crippen LogP contribution in [0, 0.1) is 0 Å². The lowest BCUT2D eigenvalue weighted by atomic mass is 9.90. The van der Waals surface area contributed by atoms with E-state index in [1.54, 1.807) is 0 Å². The van der Waals surface area contributed by atoms with E-state index in [2.05, 4.69) is 17.1 Å². The molecule has 0 aromatic rings. The molecule has 0 aliphatic heterocycles. The summed E-state index contributed by atoms with van der Waals surface area (Å²) in [5.41, 5.74) is 10.9. The number of nitrogens with two attached hydrogens (primary N) is 2. The fourth-order valence-corrected chi connectivity index (χ4v) is 2.76. The molecule has 19 heavy (non-hydrogen) atoms. The van der Waals surface area contributed by atoms with Gasteiger partial charge in [-0.25, -0.2) is 4.79 Å². The summed E-state index contributed by atoms with van der Waals surface area (Å²) in [6.45, 7) is 4.75. The Balaban J connectivity index is 2.64. The molecule has 110 valence electrons. The van der Waals surface area contributed by atoms with Crippen molar-refractivity contribution in [3.05, 3.63) is 0 Å². The zero-order valence-electron chi connectivity index (χ0n) is 11.9. The Kier molecular flexibility index (Phi) is 6.24. The molecule has 3 amide bonds. The molecule has 0 heterocycles. The van der Waals surface area contributed by atoms with Crippen molar-refractivity contribution >= 4 is 11.9 Å². The van der Waals surface area contributed by atoms with Crippen LogP contribution in [-0.4, -0.2) is 41.5 Å². The molecule has 0 radical (unpaired) electrons. The molecule has 6 nitrogen and oxygen atoms in total. The van der Waals surface area contributed by atoms with Gasteiger partial charge in [0.15, 0.2) is 0 Å². The summed E-state index contributed by atoms with van der Waals surface area (Å²) in [7, 11) is 0. The lowest BCUT2D eigenvalue weighted by molar-refractivity contribution is -0.125. The molecule has 1 aliphatic rings. The molecule has 0 spiro atoms. The number of urea groups is 1. The Morgan fingerprint density at radius 1 is 1.32 bits per heavy atom. The second-order valence-electron chi connectivity index (χ2n) is 5.34. The fourth-order valence-electron chi connectivity index (χ4n) is 2.76. The average Bonchev–Trinajstić information content (AvgIpc) is 2.35. The van der Waals surface area contributed by atoms with Crippen molar-refractivity contribution in [2.75, 3.05) is 6.54 Å². The monoisotopic (exact) mass is 270 g/mol.